The number of aromatic amines is 1. The molecule has 0 aliphatic carbocycles. The molecule has 0 spiro atoms. The average molecular weight is 612 g/mol. The third-order valence-corrected chi connectivity index (χ3v) is 8.73. The first-order valence-electron chi connectivity index (χ1n) is 14.5. The molecular formula is C34H37N5O4S. The normalized spacial score (nSPS) is 11.8. The molecule has 2 heterocycles. The third kappa shape index (κ3) is 7.44. The van der Waals surface area contributed by atoms with Crippen LogP contribution in [0.1, 0.15) is 49.7 Å². The molecule has 44 heavy (non-hydrogen) atoms. The number of anilines is 1. The molecule has 5 rings (SSSR count). The molecule has 228 valence electrons. The van der Waals surface area contributed by atoms with Crippen LogP contribution >= 0.6 is 0 Å². The number of nitrogens with zero attached hydrogens (tertiary/aromatic N) is 3. The van der Waals surface area contributed by atoms with Crippen LogP contribution < -0.4 is 15.1 Å². The van der Waals surface area contributed by atoms with Gasteiger partial charge in [-0.15, -0.1) is 0 Å². The average Bonchev–Trinajstić information content (AvgIpc) is 3.35. The zero-order valence-corrected chi connectivity index (χ0v) is 26.2. The molecule has 0 fully saturated rings. The Kier molecular flexibility index (Phi) is 9.01. The Hall–Kier alpha value is -4.70. The second-order valence-electron chi connectivity index (χ2n) is 11.7. The lowest BCUT2D eigenvalue weighted by molar-refractivity contribution is 0.415. The fourth-order valence-electron chi connectivity index (χ4n) is 4.84. The summed E-state index contributed by atoms with van der Waals surface area (Å²) in [4.78, 5) is 20.1. The highest BCUT2D eigenvalue weighted by Gasteiger charge is 2.18. The van der Waals surface area contributed by atoms with Crippen LogP contribution in [0.2, 0.25) is 0 Å². The second kappa shape index (κ2) is 12.9. The Morgan fingerprint density at radius 1 is 0.864 bits per heavy atom. The number of aromatic nitrogens is 4. The lowest BCUT2D eigenvalue weighted by Crippen LogP contribution is -2.19. The highest BCUT2D eigenvalue weighted by atomic mass is 32.2. The van der Waals surface area contributed by atoms with Gasteiger partial charge in [-0.2, -0.15) is 5.10 Å². The van der Waals surface area contributed by atoms with Crippen molar-refractivity contribution in [2.75, 3.05) is 11.8 Å². The first-order chi connectivity index (χ1) is 21.0. The lowest BCUT2D eigenvalue weighted by atomic mass is 9.87. The van der Waals surface area contributed by atoms with Gasteiger partial charge >= 0.3 is 5.69 Å². The van der Waals surface area contributed by atoms with Crippen LogP contribution in [0.15, 0.2) is 101 Å². The Morgan fingerprint density at radius 3 is 2.20 bits per heavy atom. The topological polar surface area (TPSA) is 119 Å². The van der Waals surface area contributed by atoms with Crippen molar-refractivity contribution < 1.29 is 13.2 Å². The molecule has 0 aliphatic heterocycles. The standard InChI is InChI=1S/C34H37N5O4S/c1-34(2,3)27-19-15-25(16-20-27)23-39-33(40)36-31(37-39)12-8-9-24-13-17-26(18-14-24)29-21-22-30(43-4)32(35-29)38-44(41,42)28-10-6-5-7-11-28/h5-7,10-11,13-22H,8-9,12,23H2,1-4H3,(H,35,38)(H,36,37,40). The van der Waals surface area contributed by atoms with Gasteiger partial charge in [-0.05, 0) is 59.2 Å². The van der Waals surface area contributed by atoms with E-state index in [0.717, 1.165) is 29.5 Å². The maximum Gasteiger partial charge on any atom is 0.343 e. The Morgan fingerprint density at radius 2 is 1.55 bits per heavy atom. The van der Waals surface area contributed by atoms with Gasteiger partial charge < -0.3 is 4.74 Å². The molecule has 9 nitrogen and oxygen atoms in total. The number of sulfonamides is 1. The van der Waals surface area contributed by atoms with Crippen LogP contribution in [0.3, 0.4) is 0 Å². The van der Waals surface area contributed by atoms with E-state index in [1.807, 2.05) is 24.3 Å². The van der Waals surface area contributed by atoms with Gasteiger partial charge in [-0.25, -0.2) is 22.9 Å². The highest BCUT2D eigenvalue weighted by Crippen LogP contribution is 2.29. The summed E-state index contributed by atoms with van der Waals surface area (Å²) in [6, 6.07) is 27.9. The van der Waals surface area contributed by atoms with E-state index in [0.29, 0.717) is 30.2 Å². The van der Waals surface area contributed by atoms with Crippen molar-refractivity contribution in [1.29, 1.82) is 0 Å². The predicted molar refractivity (Wildman–Crippen MR) is 173 cm³/mol. The fraction of sp³-hybridized carbons (Fsp3) is 0.265. The molecular weight excluding hydrogens is 574 g/mol. The summed E-state index contributed by atoms with van der Waals surface area (Å²) in [7, 11) is -2.36. The van der Waals surface area contributed by atoms with Gasteiger partial charge in [-0.3, -0.25) is 9.71 Å². The first-order valence-corrected chi connectivity index (χ1v) is 16.0. The van der Waals surface area contributed by atoms with E-state index in [-0.39, 0.29) is 21.8 Å². The van der Waals surface area contributed by atoms with Gasteiger partial charge in [0.1, 0.15) is 5.82 Å². The second-order valence-corrected chi connectivity index (χ2v) is 13.4. The van der Waals surface area contributed by atoms with Crippen LogP contribution in [0.25, 0.3) is 11.3 Å². The molecule has 2 N–H and O–H groups in total. The summed E-state index contributed by atoms with van der Waals surface area (Å²) in [5.41, 5.74) is 4.74. The third-order valence-electron chi connectivity index (χ3n) is 7.37. The summed E-state index contributed by atoms with van der Waals surface area (Å²) in [6.45, 7) is 6.96. The summed E-state index contributed by atoms with van der Waals surface area (Å²) in [5, 5.41) is 4.51. The first kappa shape index (κ1) is 30.7. The molecule has 10 heteroatoms. The SMILES string of the molecule is COc1ccc(-c2ccc(CCCc3nn(Cc4ccc(C(C)(C)C)cc4)c(=O)[nH]3)cc2)nc1NS(=O)(=O)c1ccccc1. The van der Waals surface area contributed by atoms with E-state index in [9.17, 15) is 13.2 Å². The summed E-state index contributed by atoms with van der Waals surface area (Å²) in [5.74, 6) is 1.11. The van der Waals surface area contributed by atoms with Crippen LogP contribution in [0.4, 0.5) is 5.82 Å². The minimum absolute atomic E-state index is 0.0802. The molecule has 0 bridgehead atoms. The number of rotatable bonds is 11. The van der Waals surface area contributed by atoms with Gasteiger partial charge in [-0.1, -0.05) is 87.5 Å². The van der Waals surface area contributed by atoms with Gasteiger partial charge in [0.15, 0.2) is 11.6 Å². The van der Waals surface area contributed by atoms with Crippen molar-refractivity contribution in [3.8, 4) is 17.0 Å². The highest BCUT2D eigenvalue weighted by molar-refractivity contribution is 7.92. The maximum absolute atomic E-state index is 12.9. The maximum atomic E-state index is 12.9. The number of hydrogen-bond acceptors (Lipinski definition) is 6. The number of methoxy groups -OCH3 is 1. The van der Waals surface area contributed by atoms with Crippen molar-refractivity contribution in [3.63, 3.8) is 0 Å². The number of H-pyrrole nitrogens is 1. The van der Waals surface area contributed by atoms with Gasteiger partial charge in [0.25, 0.3) is 10.0 Å². The van der Waals surface area contributed by atoms with E-state index in [1.54, 1.807) is 30.3 Å². The summed E-state index contributed by atoms with van der Waals surface area (Å²) >= 11 is 0. The van der Waals surface area contributed by atoms with E-state index in [4.69, 9.17) is 4.74 Å². The van der Waals surface area contributed by atoms with Crippen molar-refractivity contribution in [2.45, 2.75) is 56.9 Å². The van der Waals surface area contributed by atoms with Gasteiger partial charge in [0, 0.05) is 12.0 Å². The quantitative estimate of drug-likeness (QED) is 0.190. The largest absolute Gasteiger partial charge is 0.493 e. The molecule has 0 saturated carbocycles. The van der Waals surface area contributed by atoms with Crippen molar-refractivity contribution in [3.05, 3.63) is 124 Å². The predicted octanol–water partition coefficient (Wildman–Crippen LogP) is 5.96. The summed E-state index contributed by atoms with van der Waals surface area (Å²) < 4.78 is 35.1. The Labute approximate surface area is 258 Å². The van der Waals surface area contributed by atoms with E-state index in [2.05, 4.69) is 64.8 Å². The molecule has 5 aromatic rings. The number of aryl methyl sites for hydroxylation is 2. The zero-order valence-electron chi connectivity index (χ0n) is 25.4. The van der Waals surface area contributed by atoms with Crippen molar-refractivity contribution >= 4 is 15.8 Å². The van der Waals surface area contributed by atoms with Gasteiger partial charge in [0.05, 0.1) is 24.2 Å². The van der Waals surface area contributed by atoms with Crippen LogP contribution in [0.5, 0.6) is 5.75 Å². The van der Waals surface area contributed by atoms with E-state index < -0.39 is 10.0 Å². The van der Waals surface area contributed by atoms with Crippen LogP contribution in [-0.4, -0.2) is 35.3 Å². The molecule has 3 aromatic carbocycles. The number of ether oxygens (including phenoxy) is 1. The van der Waals surface area contributed by atoms with E-state index >= 15 is 0 Å². The Bertz CT molecular complexity index is 1870. The summed E-state index contributed by atoms with van der Waals surface area (Å²) in [6.07, 6.45) is 2.28. The van der Waals surface area contributed by atoms with Crippen molar-refractivity contribution in [1.82, 2.24) is 19.7 Å². The molecule has 0 aliphatic rings. The number of hydrogen-bond donors (Lipinski definition) is 2. The van der Waals surface area contributed by atoms with Gasteiger partial charge in [0.2, 0.25) is 0 Å². The van der Waals surface area contributed by atoms with Crippen LogP contribution in [-0.2, 0) is 34.8 Å². The zero-order chi connectivity index (χ0) is 31.3. The molecule has 0 saturated heterocycles. The smallest absolute Gasteiger partial charge is 0.343 e. The molecule has 0 amide bonds. The molecule has 0 radical (unpaired) electrons. The fourth-order valence-corrected chi connectivity index (χ4v) is 5.87. The monoisotopic (exact) mass is 611 g/mol. The lowest BCUT2D eigenvalue weighted by Gasteiger charge is -2.19. The molecule has 0 atom stereocenters. The number of benzene rings is 3. The molecule has 0 unspecified atom stereocenters. The number of pyridine rings is 1. The molecule has 2 aromatic heterocycles. The Balaban J connectivity index is 1.20. The number of nitrogens with one attached hydrogen (secondary N) is 2. The minimum atomic E-state index is -3.83. The minimum Gasteiger partial charge on any atom is -0.493 e. The van der Waals surface area contributed by atoms with E-state index in [1.165, 1.54) is 29.5 Å². The van der Waals surface area contributed by atoms with Crippen molar-refractivity contribution in [2.24, 2.45) is 0 Å². The van der Waals surface area contributed by atoms with Crippen LogP contribution in [0, 0.1) is 0 Å².